The summed E-state index contributed by atoms with van der Waals surface area (Å²) >= 11 is 0. The van der Waals surface area contributed by atoms with E-state index in [2.05, 4.69) is 0 Å². The Balaban J connectivity index is 3.17. The third-order valence-corrected chi connectivity index (χ3v) is 1.98. The summed E-state index contributed by atoms with van der Waals surface area (Å²) in [6.07, 6.45) is -0.953. The molecule has 0 amide bonds. The number of rotatable bonds is 2. The van der Waals surface area contributed by atoms with Gasteiger partial charge in [-0.05, 0) is 13.0 Å². The van der Waals surface area contributed by atoms with E-state index in [0.29, 0.717) is 0 Å². The van der Waals surface area contributed by atoms with Gasteiger partial charge in [0, 0.05) is 5.56 Å². The van der Waals surface area contributed by atoms with Crippen molar-refractivity contribution in [1.82, 2.24) is 0 Å². The SMILES string of the molecule is C[C@@H](O)[C@@H](N)c1ccc(F)c(F)c1O. The van der Waals surface area contributed by atoms with Crippen LogP contribution in [0, 0.1) is 11.6 Å². The van der Waals surface area contributed by atoms with E-state index >= 15 is 0 Å². The number of halogens is 2. The molecule has 0 saturated heterocycles. The van der Waals surface area contributed by atoms with Gasteiger partial charge in [-0.2, -0.15) is 4.39 Å². The van der Waals surface area contributed by atoms with E-state index in [1.165, 1.54) is 6.92 Å². The van der Waals surface area contributed by atoms with E-state index in [-0.39, 0.29) is 5.56 Å². The molecule has 0 aliphatic carbocycles. The smallest absolute Gasteiger partial charge is 0.200 e. The molecule has 0 bridgehead atoms. The van der Waals surface area contributed by atoms with Crippen LogP contribution >= 0.6 is 0 Å². The lowest BCUT2D eigenvalue weighted by Crippen LogP contribution is -2.23. The maximum absolute atomic E-state index is 12.9. The summed E-state index contributed by atoms with van der Waals surface area (Å²) in [5, 5.41) is 18.3. The number of aromatic hydroxyl groups is 1. The molecule has 4 N–H and O–H groups in total. The highest BCUT2D eigenvalue weighted by molar-refractivity contribution is 5.37. The summed E-state index contributed by atoms with van der Waals surface area (Å²) < 4.78 is 25.4. The molecule has 0 aliphatic heterocycles. The molecule has 1 aromatic carbocycles. The topological polar surface area (TPSA) is 66.5 Å². The second-order valence-corrected chi connectivity index (χ2v) is 3.07. The van der Waals surface area contributed by atoms with E-state index < -0.39 is 29.5 Å². The minimum atomic E-state index is -1.35. The molecule has 0 spiro atoms. The quantitative estimate of drug-likeness (QED) is 0.673. The minimum absolute atomic E-state index is 0.0149. The number of hydrogen-bond acceptors (Lipinski definition) is 3. The zero-order valence-electron chi connectivity index (χ0n) is 7.54. The third-order valence-electron chi connectivity index (χ3n) is 1.98. The van der Waals surface area contributed by atoms with Crippen LogP contribution in [-0.4, -0.2) is 16.3 Å². The molecule has 0 fully saturated rings. The first-order valence-corrected chi connectivity index (χ1v) is 4.05. The van der Waals surface area contributed by atoms with Crippen LogP contribution in [0.5, 0.6) is 5.75 Å². The molecule has 1 aromatic rings. The molecule has 0 aliphatic rings. The predicted molar refractivity (Wildman–Crippen MR) is 46.6 cm³/mol. The first kappa shape index (κ1) is 10.9. The Morgan fingerprint density at radius 2 is 1.93 bits per heavy atom. The van der Waals surface area contributed by atoms with Crippen LogP contribution in [0.3, 0.4) is 0 Å². The first-order valence-electron chi connectivity index (χ1n) is 4.05. The standard InChI is InChI=1S/C9H11F2NO2/c1-4(13)8(12)5-2-3-6(10)7(11)9(5)14/h2-4,8,13-14H,12H2,1H3/t4-,8-/m1/s1. The van der Waals surface area contributed by atoms with Crippen molar-refractivity contribution < 1.29 is 19.0 Å². The zero-order valence-corrected chi connectivity index (χ0v) is 7.54. The number of phenolic OH excluding ortho intramolecular Hbond substituents is 1. The number of hydrogen-bond donors (Lipinski definition) is 3. The van der Waals surface area contributed by atoms with Gasteiger partial charge in [0.1, 0.15) is 0 Å². The Bertz CT molecular complexity index is 342. The Morgan fingerprint density at radius 1 is 1.36 bits per heavy atom. The summed E-state index contributed by atoms with van der Waals surface area (Å²) in [7, 11) is 0. The van der Waals surface area contributed by atoms with Crippen molar-refractivity contribution in [3.8, 4) is 5.75 Å². The first-order chi connectivity index (χ1) is 6.45. The lowest BCUT2D eigenvalue weighted by atomic mass is 10.0. The Labute approximate surface area is 79.8 Å². The third kappa shape index (κ3) is 1.83. The highest BCUT2D eigenvalue weighted by atomic mass is 19.2. The van der Waals surface area contributed by atoms with Crippen molar-refractivity contribution in [2.24, 2.45) is 5.73 Å². The van der Waals surface area contributed by atoms with Crippen molar-refractivity contribution in [2.75, 3.05) is 0 Å². The number of aliphatic hydroxyl groups excluding tert-OH is 1. The fourth-order valence-electron chi connectivity index (χ4n) is 1.08. The predicted octanol–water partition coefficient (Wildman–Crippen LogP) is 1.05. The van der Waals surface area contributed by atoms with Crippen LogP contribution in [0.25, 0.3) is 0 Å². The maximum atomic E-state index is 12.9. The average molecular weight is 203 g/mol. The van der Waals surface area contributed by atoms with Gasteiger partial charge in [0.15, 0.2) is 11.6 Å². The molecule has 0 aromatic heterocycles. The van der Waals surface area contributed by atoms with Gasteiger partial charge in [-0.15, -0.1) is 0 Å². The second-order valence-electron chi connectivity index (χ2n) is 3.07. The van der Waals surface area contributed by atoms with Gasteiger partial charge in [-0.25, -0.2) is 4.39 Å². The van der Waals surface area contributed by atoms with Crippen molar-refractivity contribution in [3.05, 3.63) is 29.3 Å². The number of benzene rings is 1. The highest BCUT2D eigenvalue weighted by Crippen LogP contribution is 2.28. The van der Waals surface area contributed by atoms with Crippen molar-refractivity contribution >= 4 is 0 Å². The van der Waals surface area contributed by atoms with Crippen molar-refractivity contribution in [2.45, 2.75) is 19.1 Å². The summed E-state index contributed by atoms with van der Waals surface area (Å²) in [5.74, 6) is -3.35. The fourth-order valence-corrected chi connectivity index (χ4v) is 1.08. The van der Waals surface area contributed by atoms with E-state index in [9.17, 15) is 13.9 Å². The Hall–Kier alpha value is -1.20. The molecule has 3 nitrogen and oxygen atoms in total. The molecule has 0 unspecified atom stereocenters. The molecule has 14 heavy (non-hydrogen) atoms. The number of aliphatic hydroxyl groups is 1. The van der Waals surface area contributed by atoms with E-state index in [4.69, 9.17) is 10.8 Å². The van der Waals surface area contributed by atoms with Gasteiger partial charge in [0.25, 0.3) is 0 Å². The molecule has 0 radical (unpaired) electrons. The summed E-state index contributed by atoms with van der Waals surface area (Å²) in [4.78, 5) is 0. The van der Waals surface area contributed by atoms with Gasteiger partial charge in [-0.3, -0.25) is 0 Å². The molecule has 78 valence electrons. The van der Waals surface area contributed by atoms with E-state index in [1.54, 1.807) is 0 Å². The summed E-state index contributed by atoms with van der Waals surface area (Å²) in [6, 6.07) is 1.06. The second kappa shape index (κ2) is 3.89. The zero-order chi connectivity index (χ0) is 10.9. The Kier molecular flexibility index (Phi) is 3.03. The van der Waals surface area contributed by atoms with Gasteiger partial charge >= 0.3 is 0 Å². The van der Waals surface area contributed by atoms with Gasteiger partial charge in [0.05, 0.1) is 12.1 Å². The molecular formula is C9H11F2NO2. The molecule has 1 rings (SSSR count). The number of nitrogens with two attached hydrogens (primary N) is 1. The average Bonchev–Trinajstić information content (AvgIpc) is 2.13. The lowest BCUT2D eigenvalue weighted by molar-refractivity contribution is 0.162. The molecule has 0 saturated carbocycles. The van der Waals surface area contributed by atoms with Gasteiger partial charge in [-0.1, -0.05) is 6.07 Å². The lowest BCUT2D eigenvalue weighted by Gasteiger charge is -2.16. The van der Waals surface area contributed by atoms with Crippen LogP contribution in [0.1, 0.15) is 18.5 Å². The van der Waals surface area contributed by atoms with E-state index in [0.717, 1.165) is 12.1 Å². The van der Waals surface area contributed by atoms with Crippen molar-refractivity contribution in [3.63, 3.8) is 0 Å². The summed E-state index contributed by atoms with van der Waals surface area (Å²) in [5.41, 5.74) is 5.44. The van der Waals surface area contributed by atoms with Gasteiger partial charge < -0.3 is 15.9 Å². The van der Waals surface area contributed by atoms with Crippen LogP contribution in [-0.2, 0) is 0 Å². The maximum Gasteiger partial charge on any atom is 0.200 e. The van der Waals surface area contributed by atoms with Gasteiger partial charge in [0.2, 0.25) is 5.82 Å². The van der Waals surface area contributed by atoms with Crippen LogP contribution in [0.4, 0.5) is 8.78 Å². The minimum Gasteiger partial charge on any atom is -0.505 e. The number of phenols is 1. The molecular weight excluding hydrogens is 192 g/mol. The van der Waals surface area contributed by atoms with Crippen LogP contribution in [0.15, 0.2) is 12.1 Å². The molecule has 5 heteroatoms. The van der Waals surface area contributed by atoms with E-state index in [1.807, 2.05) is 0 Å². The highest BCUT2D eigenvalue weighted by Gasteiger charge is 2.20. The normalized spacial score (nSPS) is 15.2. The largest absolute Gasteiger partial charge is 0.505 e. The van der Waals surface area contributed by atoms with Crippen LogP contribution in [0.2, 0.25) is 0 Å². The Morgan fingerprint density at radius 3 is 2.43 bits per heavy atom. The molecule has 0 heterocycles. The molecule has 2 atom stereocenters. The monoisotopic (exact) mass is 203 g/mol. The fraction of sp³-hybridized carbons (Fsp3) is 0.333. The van der Waals surface area contributed by atoms with Crippen molar-refractivity contribution in [1.29, 1.82) is 0 Å². The van der Waals surface area contributed by atoms with Crippen LogP contribution < -0.4 is 5.73 Å². The summed E-state index contributed by atoms with van der Waals surface area (Å²) in [6.45, 7) is 1.39.